The molecule has 2 heterocycles. The van der Waals surface area contributed by atoms with Crippen molar-refractivity contribution in [2.24, 2.45) is 4.99 Å². The number of aromatic nitrogens is 1. The number of nitrogens with one attached hydrogen (secondary N) is 1. The maximum Gasteiger partial charge on any atom is 0.138 e. The predicted molar refractivity (Wildman–Crippen MR) is 79.9 cm³/mol. The van der Waals surface area contributed by atoms with E-state index in [-0.39, 0.29) is 6.17 Å². The van der Waals surface area contributed by atoms with E-state index in [1.165, 1.54) is 10.9 Å². The smallest absolute Gasteiger partial charge is 0.138 e. The summed E-state index contributed by atoms with van der Waals surface area (Å²) in [7, 11) is 4.00. The van der Waals surface area contributed by atoms with E-state index in [9.17, 15) is 0 Å². The van der Waals surface area contributed by atoms with Crippen LogP contribution in [0.2, 0.25) is 0 Å². The van der Waals surface area contributed by atoms with Gasteiger partial charge in [0.15, 0.2) is 0 Å². The molecule has 1 aliphatic rings. The number of benzene rings is 1. The van der Waals surface area contributed by atoms with Crippen molar-refractivity contribution < 1.29 is 0 Å². The molecule has 1 N–H and O–H groups in total. The van der Waals surface area contributed by atoms with Crippen LogP contribution in [-0.2, 0) is 0 Å². The van der Waals surface area contributed by atoms with Crippen molar-refractivity contribution in [1.29, 1.82) is 0 Å². The van der Waals surface area contributed by atoms with Gasteiger partial charge in [-0.2, -0.15) is 0 Å². The molecule has 1 atom stereocenters. The van der Waals surface area contributed by atoms with Gasteiger partial charge >= 0.3 is 0 Å². The Kier molecular flexibility index (Phi) is 2.87. The van der Waals surface area contributed by atoms with Gasteiger partial charge in [0.1, 0.15) is 17.8 Å². The van der Waals surface area contributed by atoms with E-state index in [1.807, 2.05) is 21.0 Å². The molecular formula is C15H18N4. The van der Waals surface area contributed by atoms with Crippen LogP contribution in [0, 0.1) is 0 Å². The van der Waals surface area contributed by atoms with Crippen LogP contribution < -0.4 is 5.32 Å². The maximum atomic E-state index is 4.68. The van der Waals surface area contributed by atoms with E-state index in [0.29, 0.717) is 0 Å². The van der Waals surface area contributed by atoms with E-state index >= 15 is 0 Å². The molecule has 1 unspecified atom stereocenters. The highest BCUT2D eigenvalue weighted by atomic mass is 15.3. The Bertz CT molecular complexity index is 666. The summed E-state index contributed by atoms with van der Waals surface area (Å²) in [4.78, 5) is 6.80. The Morgan fingerprint density at radius 1 is 1.21 bits per heavy atom. The van der Waals surface area contributed by atoms with E-state index in [1.54, 1.807) is 0 Å². The van der Waals surface area contributed by atoms with Gasteiger partial charge in [0.25, 0.3) is 0 Å². The standard InChI is InChI=1S/C15H18N4/c1-11-17-15(10-14(16-2)18(11)3)19-9-8-12-6-4-5-7-13(12)19/h4-10,14,16H,1-3H3. The fourth-order valence-corrected chi connectivity index (χ4v) is 2.43. The summed E-state index contributed by atoms with van der Waals surface area (Å²) in [5.74, 6) is 1.98. The second kappa shape index (κ2) is 4.55. The number of hydrogen-bond donors (Lipinski definition) is 1. The SMILES string of the molecule is CNC1C=C(n2ccc3ccccc32)N=C(C)N1C. The summed E-state index contributed by atoms with van der Waals surface area (Å²) in [6.45, 7) is 2.03. The van der Waals surface area contributed by atoms with Crippen LogP contribution >= 0.6 is 0 Å². The summed E-state index contributed by atoms with van der Waals surface area (Å²) in [5, 5.41) is 4.51. The molecule has 19 heavy (non-hydrogen) atoms. The lowest BCUT2D eigenvalue weighted by Gasteiger charge is -2.31. The highest BCUT2D eigenvalue weighted by Crippen LogP contribution is 2.23. The summed E-state index contributed by atoms with van der Waals surface area (Å²) in [6.07, 6.45) is 4.39. The Morgan fingerprint density at radius 3 is 2.79 bits per heavy atom. The molecular weight excluding hydrogens is 236 g/mol. The Morgan fingerprint density at radius 2 is 2.00 bits per heavy atom. The zero-order chi connectivity index (χ0) is 13.4. The third kappa shape index (κ3) is 1.94. The fraction of sp³-hybridized carbons (Fsp3) is 0.267. The number of nitrogens with zero attached hydrogens (tertiary/aromatic N) is 3. The second-order valence-corrected chi connectivity index (χ2v) is 4.77. The predicted octanol–water partition coefficient (Wildman–Crippen LogP) is 2.35. The number of likely N-dealkylation sites (N-methyl/N-ethyl adjacent to an activating group) is 2. The summed E-state index contributed by atoms with van der Waals surface area (Å²) in [6, 6.07) is 10.5. The van der Waals surface area contributed by atoms with Crippen LogP contribution in [0.15, 0.2) is 47.6 Å². The highest BCUT2D eigenvalue weighted by Gasteiger charge is 2.19. The average molecular weight is 254 g/mol. The van der Waals surface area contributed by atoms with E-state index < -0.39 is 0 Å². The van der Waals surface area contributed by atoms with Crippen LogP contribution in [0.25, 0.3) is 16.7 Å². The zero-order valence-electron chi connectivity index (χ0n) is 11.5. The molecule has 98 valence electrons. The minimum Gasteiger partial charge on any atom is -0.344 e. The monoisotopic (exact) mass is 254 g/mol. The average Bonchev–Trinajstić information content (AvgIpc) is 2.85. The van der Waals surface area contributed by atoms with E-state index in [0.717, 1.165) is 11.7 Å². The lowest BCUT2D eigenvalue weighted by atomic mass is 10.2. The maximum absolute atomic E-state index is 4.68. The third-order valence-electron chi connectivity index (χ3n) is 3.65. The molecule has 0 fully saturated rings. The molecule has 0 amide bonds. The first-order valence-corrected chi connectivity index (χ1v) is 6.44. The molecule has 0 saturated heterocycles. The number of amidine groups is 1. The summed E-state index contributed by atoms with van der Waals surface area (Å²) < 4.78 is 2.14. The lowest BCUT2D eigenvalue weighted by molar-refractivity contribution is 0.376. The van der Waals surface area contributed by atoms with Crippen molar-refractivity contribution in [2.45, 2.75) is 13.1 Å². The minimum atomic E-state index is 0.175. The molecule has 3 rings (SSSR count). The van der Waals surface area contributed by atoms with Crippen molar-refractivity contribution in [3.8, 4) is 0 Å². The van der Waals surface area contributed by atoms with Gasteiger partial charge in [-0.25, -0.2) is 4.99 Å². The summed E-state index contributed by atoms with van der Waals surface area (Å²) >= 11 is 0. The normalized spacial score (nSPS) is 19.5. The van der Waals surface area contributed by atoms with Crippen LogP contribution in [0.5, 0.6) is 0 Å². The first kappa shape index (κ1) is 12.0. The molecule has 1 aromatic carbocycles. The Hall–Kier alpha value is -2.07. The van der Waals surface area contributed by atoms with Gasteiger partial charge in [-0.3, -0.25) is 5.32 Å². The Balaban J connectivity index is 2.11. The fourth-order valence-electron chi connectivity index (χ4n) is 2.43. The quantitative estimate of drug-likeness (QED) is 0.892. The molecule has 4 nitrogen and oxygen atoms in total. The lowest BCUT2D eigenvalue weighted by Crippen LogP contribution is -2.44. The van der Waals surface area contributed by atoms with Crippen molar-refractivity contribution in [2.75, 3.05) is 14.1 Å². The number of hydrogen-bond acceptors (Lipinski definition) is 3. The molecule has 0 aliphatic carbocycles. The van der Waals surface area contributed by atoms with E-state index in [4.69, 9.17) is 0 Å². The molecule has 2 aromatic rings. The van der Waals surface area contributed by atoms with Gasteiger partial charge in [0.2, 0.25) is 0 Å². The van der Waals surface area contributed by atoms with Gasteiger partial charge in [0.05, 0.1) is 5.52 Å². The minimum absolute atomic E-state index is 0.175. The zero-order valence-corrected chi connectivity index (χ0v) is 11.5. The molecule has 4 heteroatoms. The van der Waals surface area contributed by atoms with Gasteiger partial charge in [-0.05, 0) is 37.6 Å². The van der Waals surface area contributed by atoms with Crippen molar-refractivity contribution in [3.05, 3.63) is 42.6 Å². The highest BCUT2D eigenvalue weighted by molar-refractivity contribution is 5.89. The van der Waals surface area contributed by atoms with Crippen LogP contribution in [0.4, 0.5) is 0 Å². The van der Waals surface area contributed by atoms with Crippen LogP contribution in [-0.4, -0.2) is 35.6 Å². The van der Waals surface area contributed by atoms with Gasteiger partial charge in [-0.1, -0.05) is 18.2 Å². The van der Waals surface area contributed by atoms with Crippen LogP contribution in [0.1, 0.15) is 6.92 Å². The number of para-hydroxylation sites is 1. The van der Waals surface area contributed by atoms with Gasteiger partial charge in [-0.15, -0.1) is 0 Å². The summed E-state index contributed by atoms with van der Waals surface area (Å²) in [5.41, 5.74) is 1.18. The Labute approximate surface area is 113 Å². The van der Waals surface area contributed by atoms with Gasteiger partial charge < -0.3 is 9.47 Å². The number of fused-ring (bicyclic) bond motifs is 1. The molecule has 0 spiro atoms. The molecule has 0 radical (unpaired) electrons. The van der Waals surface area contributed by atoms with Crippen molar-refractivity contribution in [3.63, 3.8) is 0 Å². The topological polar surface area (TPSA) is 32.6 Å². The van der Waals surface area contributed by atoms with E-state index in [2.05, 4.69) is 62.4 Å². The largest absolute Gasteiger partial charge is 0.344 e. The third-order valence-corrected chi connectivity index (χ3v) is 3.65. The molecule has 0 bridgehead atoms. The van der Waals surface area contributed by atoms with Crippen molar-refractivity contribution in [1.82, 2.24) is 14.8 Å². The first-order chi connectivity index (χ1) is 9.20. The first-order valence-electron chi connectivity index (χ1n) is 6.44. The molecule has 1 aromatic heterocycles. The molecule has 1 aliphatic heterocycles. The number of rotatable bonds is 2. The van der Waals surface area contributed by atoms with Crippen LogP contribution in [0.3, 0.4) is 0 Å². The van der Waals surface area contributed by atoms with Crippen molar-refractivity contribution >= 4 is 22.6 Å². The number of aliphatic imine (C=N–C) groups is 1. The molecule has 0 saturated carbocycles. The second-order valence-electron chi connectivity index (χ2n) is 4.77. The van der Waals surface area contributed by atoms with Gasteiger partial charge in [0, 0.05) is 13.2 Å².